The Morgan fingerprint density at radius 2 is 1.69 bits per heavy atom. The number of hydrogen-bond acceptors (Lipinski definition) is 7. The summed E-state index contributed by atoms with van der Waals surface area (Å²) in [5.41, 5.74) is 1.87. The fourth-order valence-corrected chi connectivity index (χ4v) is 4.61. The minimum Gasteiger partial charge on any atom is -0.507 e. The fourth-order valence-electron chi connectivity index (χ4n) is 4.61. The molecule has 1 aliphatic heterocycles. The van der Waals surface area contributed by atoms with Gasteiger partial charge >= 0.3 is 0 Å². The van der Waals surface area contributed by atoms with Crippen LogP contribution in [0.3, 0.4) is 0 Å². The van der Waals surface area contributed by atoms with Crippen molar-refractivity contribution in [2.24, 2.45) is 0 Å². The molecule has 198 valence electrons. The Bertz CT molecular complexity index is 1510. The van der Waals surface area contributed by atoms with E-state index in [0.717, 1.165) is 5.56 Å². The van der Waals surface area contributed by atoms with Gasteiger partial charge in [0.05, 0.1) is 38.6 Å². The maximum Gasteiger partial charge on any atom is 0.296 e. The van der Waals surface area contributed by atoms with Crippen molar-refractivity contribution in [2.75, 3.05) is 14.2 Å². The Kier molecular flexibility index (Phi) is 7.36. The van der Waals surface area contributed by atoms with Gasteiger partial charge in [-0.25, -0.2) is 0 Å². The van der Waals surface area contributed by atoms with Crippen molar-refractivity contribution in [1.29, 1.82) is 0 Å². The van der Waals surface area contributed by atoms with Crippen LogP contribution in [0, 0.1) is 0 Å². The van der Waals surface area contributed by atoms with E-state index in [1.807, 2.05) is 30.3 Å². The zero-order valence-corrected chi connectivity index (χ0v) is 21.5. The van der Waals surface area contributed by atoms with Crippen LogP contribution in [0.5, 0.6) is 17.2 Å². The van der Waals surface area contributed by atoms with Crippen LogP contribution in [0.25, 0.3) is 5.76 Å². The molecule has 8 heteroatoms. The third-order valence-corrected chi connectivity index (χ3v) is 6.53. The molecule has 4 aromatic rings. The third-order valence-electron chi connectivity index (χ3n) is 6.53. The number of furan rings is 1. The summed E-state index contributed by atoms with van der Waals surface area (Å²) in [4.78, 5) is 28.1. The normalized spacial score (nSPS) is 16.4. The van der Waals surface area contributed by atoms with Gasteiger partial charge < -0.3 is 28.6 Å². The minimum atomic E-state index is -0.886. The van der Waals surface area contributed by atoms with Crippen molar-refractivity contribution in [2.45, 2.75) is 19.2 Å². The number of rotatable bonds is 9. The number of nitrogens with zero attached hydrogens (tertiary/aromatic N) is 1. The molecule has 1 amide bonds. The summed E-state index contributed by atoms with van der Waals surface area (Å²) < 4.78 is 22.1. The van der Waals surface area contributed by atoms with Crippen molar-refractivity contribution in [3.63, 3.8) is 0 Å². The van der Waals surface area contributed by atoms with Crippen molar-refractivity contribution < 1.29 is 33.3 Å². The van der Waals surface area contributed by atoms with Gasteiger partial charge in [0.1, 0.15) is 23.9 Å². The second-order valence-electron chi connectivity index (χ2n) is 8.92. The first kappa shape index (κ1) is 25.7. The van der Waals surface area contributed by atoms with E-state index >= 15 is 0 Å². The van der Waals surface area contributed by atoms with Crippen LogP contribution in [-0.4, -0.2) is 35.9 Å². The molecule has 1 aromatic heterocycles. The number of carbonyl (C=O) groups is 2. The Balaban J connectivity index is 1.57. The Morgan fingerprint density at radius 1 is 0.897 bits per heavy atom. The number of carbonyl (C=O) groups excluding carboxylic acids is 2. The predicted molar refractivity (Wildman–Crippen MR) is 143 cm³/mol. The first-order valence-corrected chi connectivity index (χ1v) is 12.3. The van der Waals surface area contributed by atoms with Gasteiger partial charge in [-0.2, -0.15) is 0 Å². The summed E-state index contributed by atoms with van der Waals surface area (Å²) in [7, 11) is 2.98. The Labute approximate surface area is 225 Å². The van der Waals surface area contributed by atoms with Crippen LogP contribution in [-0.2, 0) is 22.7 Å². The summed E-state index contributed by atoms with van der Waals surface area (Å²) >= 11 is 0. The molecule has 0 aliphatic carbocycles. The van der Waals surface area contributed by atoms with Gasteiger partial charge in [0.25, 0.3) is 11.7 Å². The maximum atomic E-state index is 13.4. The highest BCUT2D eigenvalue weighted by molar-refractivity contribution is 6.46. The second-order valence-corrected chi connectivity index (χ2v) is 8.92. The quantitative estimate of drug-likeness (QED) is 0.175. The first-order chi connectivity index (χ1) is 19.0. The number of amides is 1. The number of ketones is 1. The lowest BCUT2D eigenvalue weighted by Gasteiger charge is -2.25. The standard InChI is InChI=1S/C31H27NO7/c1-36-25-14-13-22(17-26(25)37-2)29(33)27-28(32(31(35)30(27)34)18-24-12-7-15-38-24)21-10-6-11-23(16-21)39-19-20-8-4-3-5-9-20/h3-17,28,33H,18-19H2,1-2H3/b29-27+. The largest absolute Gasteiger partial charge is 0.507 e. The van der Waals surface area contributed by atoms with Gasteiger partial charge in [0.15, 0.2) is 11.5 Å². The van der Waals surface area contributed by atoms with E-state index in [9.17, 15) is 14.7 Å². The van der Waals surface area contributed by atoms with Crippen molar-refractivity contribution >= 4 is 17.4 Å². The van der Waals surface area contributed by atoms with Crippen LogP contribution in [0.1, 0.15) is 28.5 Å². The highest BCUT2D eigenvalue weighted by Crippen LogP contribution is 2.42. The van der Waals surface area contributed by atoms with Gasteiger partial charge in [0.2, 0.25) is 0 Å². The molecular weight excluding hydrogens is 498 g/mol. The van der Waals surface area contributed by atoms with Crippen LogP contribution in [0.4, 0.5) is 0 Å². The zero-order chi connectivity index (χ0) is 27.4. The molecule has 1 N–H and O–H groups in total. The van der Waals surface area contributed by atoms with Gasteiger partial charge in [0, 0.05) is 5.56 Å². The highest BCUT2D eigenvalue weighted by Gasteiger charge is 2.46. The van der Waals surface area contributed by atoms with Crippen LogP contribution in [0.15, 0.2) is 101 Å². The van der Waals surface area contributed by atoms with Gasteiger partial charge in [-0.3, -0.25) is 9.59 Å². The van der Waals surface area contributed by atoms with E-state index in [2.05, 4.69) is 0 Å². The lowest BCUT2D eigenvalue weighted by atomic mass is 9.95. The molecular formula is C31H27NO7. The van der Waals surface area contributed by atoms with E-state index in [1.165, 1.54) is 25.4 Å². The third kappa shape index (κ3) is 5.22. The molecule has 1 aliphatic rings. The van der Waals surface area contributed by atoms with Crippen LogP contribution < -0.4 is 14.2 Å². The molecule has 0 radical (unpaired) electrons. The van der Waals surface area contributed by atoms with Crippen LogP contribution >= 0.6 is 0 Å². The molecule has 1 unspecified atom stereocenters. The number of aliphatic hydroxyl groups excluding tert-OH is 1. The van der Waals surface area contributed by atoms with E-state index in [1.54, 1.807) is 54.6 Å². The number of benzene rings is 3. The molecule has 39 heavy (non-hydrogen) atoms. The first-order valence-electron chi connectivity index (χ1n) is 12.3. The molecule has 1 atom stereocenters. The molecule has 0 saturated carbocycles. The number of Topliss-reactive ketones (excluding diaryl/α,β-unsaturated/α-hetero) is 1. The molecule has 5 rings (SSSR count). The van der Waals surface area contributed by atoms with Crippen molar-refractivity contribution in [1.82, 2.24) is 4.90 Å². The number of hydrogen-bond donors (Lipinski definition) is 1. The zero-order valence-electron chi connectivity index (χ0n) is 21.5. The second kappa shape index (κ2) is 11.2. The summed E-state index contributed by atoms with van der Waals surface area (Å²) in [5.74, 6) is 0.0437. The molecule has 1 fully saturated rings. The molecule has 1 saturated heterocycles. The number of aliphatic hydroxyl groups is 1. The van der Waals surface area contributed by atoms with E-state index < -0.39 is 17.7 Å². The predicted octanol–water partition coefficient (Wildman–Crippen LogP) is 5.50. The summed E-state index contributed by atoms with van der Waals surface area (Å²) in [5, 5.41) is 11.4. The molecule has 2 heterocycles. The lowest BCUT2D eigenvalue weighted by molar-refractivity contribution is -0.140. The molecule has 3 aromatic carbocycles. The topological polar surface area (TPSA) is 98.4 Å². The summed E-state index contributed by atoms with van der Waals surface area (Å²) in [6.45, 7) is 0.391. The summed E-state index contributed by atoms with van der Waals surface area (Å²) in [6.07, 6.45) is 1.50. The van der Waals surface area contributed by atoms with Crippen LogP contribution in [0.2, 0.25) is 0 Å². The number of methoxy groups -OCH3 is 2. The van der Waals surface area contributed by atoms with E-state index in [0.29, 0.717) is 40.7 Å². The highest BCUT2D eigenvalue weighted by atomic mass is 16.5. The van der Waals surface area contributed by atoms with Crippen molar-refractivity contribution in [3.8, 4) is 17.2 Å². The maximum absolute atomic E-state index is 13.4. The SMILES string of the molecule is COc1ccc(/C(O)=C2\C(=O)C(=O)N(Cc3ccco3)C2c2cccc(OCc3ccccc3)c2)cc1OC. The molecule has 8 nitrogen and oxygen atoms in total. The lowest BCUT2D eigenvalue weighted by Crippen LogP contribution is -2.29. The number of ether oxygens (including phenoxy) is 3. The average Bonchev–Trinajstić information content (AvgIpc) is 3.58. The van der Waals surface area contributed by atoms with Gasteiger partial charge in [-0.15, -0.1) is 0 Å². The summed E-state index contributed by atoms with van der Waals surface area (Å²) in [6, 6.07) is 24.2. The number of likely N-dealkylation sites (tertiary alicyclic amines) is 1. The van der Waals surface area contributed by atoms with E-state index in [4.69, 9.17) is 18.6 Å². The Morgan fingerprint density at radius 3 is 2.41 bits per heavy atom. The van der Waals surface area contributed by atoms with E-state index in [-0.39, 0.29) is 17.9 Å². The monoisotopic (exact) mass is 525 g/mol. The van der Waals surface area contributed by atoms with Gasteiger partial charge in [-0.05, 0) is 53.6 Å². The fraction of sp³-hybridized carbons (Fsp3) is 0.161. The van der Waals surface area contributed by atoms with Gasteiger partial charge in [-0.1, -0.05) is 42.5 Å². The Hall–Kier alpha value is -4.98. The smallest absolute Gasteiger partial charge is 0.296 e. The average molecular weight is 526 g/mol. The molecule has 0 spiro atoms. The van der Waals surface area contributed by atoms with Crippen molar-refractivity contribution in [3.05, 3.63) is 119 Å². The molecule has 0 bridgehead atoms. The minimum absolute atomic E-state index is 0.0417.